The van der Waals surface area contributed by atoms with Gasteiger partial charge in [-0.25, -0.2) is 4.98 Å². The largest absolute Gasteiger partial charge is 0.494 e. The fourth-order valence-electron chi connectivity index (χ4n) is 5.14. The maximum Gasteiger partial charge on any atom is 0.272 e. The van der Waals surface area contributed by atoms with E-state index in [0.717, 1.165) is 37.0 Å². The number of anilines is 3. The van der Waals surface area contributed by atoms with Crippen LogP contribution < -0.4 is 20.7 Å². The van der Waals surface area contributed by atoms with Crippen LogP contribution in [0.3, 0.4) is 0 Å². The van der Waals surface area contributed by atoms with Gasteiger partial charge in [0.15, 0.2) is 17.3 Å². The number of nitrogens with zero attached hydrogens (tertiary/aromatic N) is 4. The van der Waals surface area contributed by atoms with Crippen LogP contribution >= 0.6 is 11.3 Å². The quantitative estimate of drug-likeness (QED) is 0.221. The summed E-state index contributed by atoms with van der Waals surface area (Å²) in [6.45, 7) is 1.56. The van der Waals surface area contributed by atoms with Crippen molar-refractivity contribution in [3.8, 4) is 16.3 Å². The van der Waals surface area contributed by atoms with E-state index in [9.17, 15) is 19.5 Å². The Morgan fingerprint density at radius 3 is 2.53 bits per heavy atom. The lowest BCUT2D eigenvalue weighted by atomic mass is 9.49. The van der Waals surface area contributed by atoms with Gasteiger partial charge in [-0.2, -0.15) is 0 Å². The molecule has 5 rings (SSSR count). The first-order valence-electron chi connectivity index (χ1n) is 14.7. The molecule has 1 aliphatic carbocycles. The summed E-state index contributed by atoms with van der Waals surface area (Å²) in [5.41, 5.74) is 1.14. The number of para-hydroxylation sites is 1. The molecule has 3 heterocycles. The first kappa shape index (κ1) is 32.5. The molecule has 4 N–H and O–H groups in total. The van der Waals surface area contributed by atoms with Gasteiger partial charge in [0.1, 0.15) is 5.01 Å². The number of nitrogens with one attached hydrogen (secondary N) is 3. The van der Waals surface area contributed by atoms with E-state index in [1.54, 1.807) is 18.3 Å². The summed E-state index contributed by atoms with van der Waals surface area (Å²) in [6.07, 6.45) is 6.11. The van der Waals surface area contributed by atoms with Gasteiger partial charge < -0.3 is 30.7 Å². The average Bonchev–Trinajstić information content (AvgIpc) is 3.75. The molecular formula is C29H32B3N7O5S. The molecule has 2 fully saturated rings. The van der Waals surface area contributed by atoms with Crippen molar-refractivity contribution < 1.29 is 24.2 Å². The van der Waals surface area contributed by atoms with Crippen molar-refractivity contribution in [1.29, 1.82) is 0 Å². The number of hydrogen-bond donors (Lipinski definition) is 4. The molecule has 2 aromatic heterocycles. The summed E-state index contributed by atoms with van der Waals surface area (Å²) < 4.78 is 5.78. The number of benzene rings is 1. The second-order valence-corrected chi connectivity index (χ2v) is 12.4. The summed E-state index contributed by atoms with van der Waals surface area (Å²) in [6, 6.07) is 6.84. The molecular weight excluding hydrogens is 591 g/mol. The van der Waals surface area contributed by atoms with Crippen LogP contribution in [0.2, 0.25) is 0 Å². The normalized spacial score (nSPS) is 15.4. The van der Waals surface area contributed by atoms with Gasteiger partial charge >= 0.3 is 0 Å². The number of ether oxygens (including phenoxy) is 1. The lowest BCUT2D eigenvalue weighted by molar-refractivity contribution is -0.131. The number of carbonyl (C=O) groups is 3. The fraction of sp³-hybridized carbons (Fsp3) is 0.448. The summed E-state index contributed by atoms with van der Waals surface area (Å²) >= 11 is 1.39. The van der Waals surface area contributed by atoms with E-state index in [1.165, 1.54) is 24.5 Å². The van der Waals surface area contributed by atoms with Gasteiger partial charge in [-0.1, -0.05) is 11.3 Å². The number of aliphatic hydroxyl groups excluding tert-OH is 1. The van der Waals surface area contributed by atoms with E-state index in [0.29, 0.717) is 41.0 Å². The van der Waals surface area contributed by atoms with Crippen molar-refractivity contribution in [2.45, 2.75) is 43.8 Å². The molecule has 2 aliphatic rings. The van der Waals surface area contributed by atoms with Crippen LogP contribution in [0.1, 0.15) is 47.5 Å². The van der Waals surface area contributed by atoms with Gasteiger partial charge in [-0.15, -0.1) is 21.5 Å². The van der Waals surface area contributed by atoms with Crippen LogP contribution in [0.4, 0.5) is 17.2 Å². The number of methoxy groups -OCH3 is 1. The molecule has 0 atom stereocenters. The molecule has 0 unspecified atom stereocenters. The molecule has 228 valence electrons. The van der Waals surface area contributed by atoms with Crippen molar-refractivity contribution in [3.63, 3.8) is 0 Å². The first-order chi connectivity index (χ1) is 21.5. The molecule has 1 aliphatic heterocycles. The van der Waals surface area contributed by atoms with Gasteiger partial charge in [0.05, 0.1) is 54.0 Å². The Hall–Kier alpha value is -3.91. The Morgan fingerprint density at radius 2 is 1.87 bits per heavy atom. The zero-order valence-corrected chi connectivity index (χ0v) is 25.7. The van der Waals surface area contributed by atoms with Crippen molar-refractivity contribution >= 4 is 69.8 Å². The predicted molar refractivity (Wildman–Crippen MR) is 173 cm³/mol. The van der Waals surface area contributed by atoms with E-state index in [-0.39, 0.29) is 48.0 Å². The van der Waals surface area contributed by atoms with Gasteiger partial charge in [0.25, 0.3) is 5.91 Å². The Morgan fingerprint density at radius 1 is 1.11 bits per heavy atom. The number of likely N-dealkylation sites (tertiary alicyclic amines) is 1. The third-order valence-electron chi connectivity index (χ3n) is 7.64. The van der Waals surface area contributed by atoms with E-state index in [4.69, 9.17) is 28.3 Å². The molecule has 12 nitrogen and oxygen atoms in total. The summed E-state index contributed by atoms with van der Waals surface area (Å²) in [7, 11) is 18.2. The minimum atomic E-state index is -2.01. The maximum atomic E-state index is 13.0. The monoisotopic (exact) mass is 623 g/mol. The van der Waals surface area contributed by atoms with Crippen LogP contribution in [-0.2, 0) is 16.0 Å². The third-order valence-corrected chi connectivity index (χ3v) is 8.67. The van der Waals surface area contributed by atoms with E-state index in [1.807, 2.05) is 11.0 Å². The lowest BCUT2D eigenvalue weighted by Crippen LogP contribution is -2.50. The highest BCUT2D eigenvalue weighted by molar-refractivity contribution is 7.15. The van der Waals surface area contributed by atoms with Gasteiger partial charge in [0.2, 0.25) is 11.8 Å². The predicted octanol–water partition coefficient (Wildman–Crippen LogP) is 1.71. The second kappa shape index (κ2) is 14.0. The van der Waals surface area contributed by atoms with Crippen LogP contribution in [-0.4, -0.2) is 98.5 Å². The number of thiazole rings is 1. The molecule has 3 amide bonds. The second-order valence-electron chi connectivity index (χ2n) is 11.3. The Labute approximate surface area is 269 Å². The fourth-order valence-corrected chi connectivity index (χ4v) is 6.07. The van der Waals surface area contributed by atoms with Crippen LogP contribution in [0.25, 0.3) is 10.6 Å². The molecule has 16 heteroatoms. The average molecular weight is 623 g/mol. The molecule has 6 radical (unpaired) electrons. The topological polar surface area (TPSA) is 159 Å². The van der Waals surface area contributed by atoms with E-state index < -0.39 is 11.1 Å². The number of aromatic nitrogens is 3. The highest BCUT2D eigenvalue weighted by Gasteiger charge is 2.30. The number of rotatable bonds is 12. The third kappa shape index (κ3) is 8.43. The Kier molecular flexibility index (Phi) is 10.1. The van der Waals surface area contributed by atoms with Gasteiger partial charge in [-0.05, 0) is 50.2 Å². The van der Waals surface area contributed by atoms with Crippen LogP contribution in [0.5, 0.6) is 5.75 Å². The highest BCUT2D eigenvalue weighted by Crippen LogP contribution is 2.40. The number of piperidine rings is 1. The zero-order chi connectivity index (χ0) is 32.1. The van der Waals surface area contributed by atoms with E-state index >= 15 is 0 Å². The van der Waals surface area contributed by atoms with Crippen LogP contribution in [0.15, 0.2) is 30.5 Å². The van der Waals surface area contributed by atoms with E-state index in [2.05, 4.69) is 31.1 Å². The van der Waals surface area contributed by atoms with Crippen molar-refractivity contribution in [3.05, 3.63) is 41.0 Å². The van der Waals surface area contributed by atoms with Crippen LogP contribution in [0, 0.1) is 11.8 Å². The molecule has 45 heavy (non-hydrogen) atoms. The summed E-state index contributed by atoms with van der Waals surface area (Å²) in [5, 5.41) is 23.9. The minimum absolute atomic E-state index is 0.0482. The standard InChI is InChI=1S/C29H32B3N7O5S/c1-44-25-19(28-33-15-18(45-28)13-23(41)39-10-7-16(8-11-39)9-12-40)3-2-4-20(25)34-21-14-22(35-26(42)17-5-6-17)37-38-24(21)27(43)36-29(30,31)32/h2-4,14-17,40H,5-13H2,1H3,(H,36,43)(H2,34,35,37,42). The van der Waals surface area contributed by atoms with Gasteiger partial charge in [0, 0.05) is 42.8 Å². The highest BCUT2D eigenvalue weighted by atomic mass is 32.1. The van der Waals surface area contributed by atoms with Crippen molar-refractivity contribution in [2.24, 2.45) is 11.8 Å². The Balaban J connectivity index is 1.36. The summed E-state index contributed by atoms with van der Waals surface area (Å²) in [4.78, 5) is 45.6. The molecule has 0 spiro atoms. The summed E-state index contributed by atoms with van der Waals surface area (Å²) in [5.74, 6) is 0.0331. The number of hydrogen-bond acceptors (Lipinski definition) is 10. The van der Waals surface area contributed by atoms with Gasteiger partial charge in [-0.3, -0.25) is 14.4 Å². The zero-order valence-electron chi connectivity index (χ0n) is 24.9. The molecule has 3 aromatic rings. The molecule has 1 saturated heterocycles. The molecule has 0 bridgehead atoms. The number of aliphatic hydroxyl groups is 1. The molecule has 1 aromatic carbocycles. The smallest absolute Gasteiger partial charge is 0.272 e. The number of amides is 3. The first-order valence-corrected chi connectivity index (χ1v) is 15.5. The lowest BCUT2D eigenvalue weighted by Gasteiger charge is -2.31. The molecule has 1 saturated carbocycles. The minimum Gasteiger partial charge on any atom is -0.494 e. The Bertz CT molecular complexity index is 1560. The van der Waals surface area contributed by atoms with Crippen molar-refractivity contribution in [2.75, 3.05) is 37.4 Å². The number of carbonyl (C=O) groups excluding carboxylic acids is 3. The SMILES string of the molecule is [B]C([B])([B])NC(=O)c1nnc(NC(=O)C2CC2)cc1Nc1cccc(-c2ncc(CC(=O)N3CCC(CCO)CC3)s2)c1OC. The van der Waals surface area contributed by atoms with Crippen molar-refractivity contribution in [1.82, 2.24) is 25.4 Å². The maximum absolute atomic E-state index is 13.0.